The molecule has 4 rings (SSSR count). The van der Waals surface area contributed by atoms with Crippen LogP contribution in [0.4, 0.5) is 23.9 Å². The number of ether oxygens (including phenoxy) is 2. The summed E-state index contributed by atoms with van der Waals surface area (Å²) in [4.78, 5) is 32.0. The van der Waals surface area contributed by atoms with Gasteiger partial charge in [-0.15, -0.1) is 0 Å². The number of hydrogen-bond donors (Lipinski definition) is 1. The van der Waals surface area contributed by atoms with Gasteiger partial charge in [0.2, 0.25) is 5.95 Å². The van der Waals surface area contributed by atoms with Crippen molar-refractivity contribution in [2.75, 3.05) is 31.6 Å². The summed E-state index contributed by atoms with van der Waals surface area (Å²) in [6.07, 6.45) is -5.07. The van der Waals surface area contributed by atoms with Crippen molar-refractivity contribution in [3.63, 3.8) is 0 Å². The summed E-state index contributed by atoms with van der Waals surface area (Å²) in [6.45, 7) is 8.31. The Morgan fingerprint density at radius 1 is 1.14 bits per heavy atom. The third-order valence-electron chi connectivity index (χ3n) is 5.85. The number of aryl methyl sites for hydroxylation is 1. The summed E-state index contributed by atoms with van der Waals surface area (Å²) in [6, 6.07) is 9.24. The molecule has 1 aliphatic heterocycles. The number of para-hydroxylation sites is 1. The van der Waals surface area contributed by atoms with E-state index in [0.717, 1.165) is 23.2 Å². The molecular formula is C26H29F3N4O4. The van der Waals surface area contributed by atoms with Crippen molar-refractivity contribution >= 4 is 29.0 Å². The highest BCUT2D eigenvalue weighted by molar-refractivity contribution is 6.04. The van der Waals surface area contributed by atoms with Crippen LogP contribution in [-0.2, 0) is 15.7 Å². The summed E-state index contributed by atoms with van der Waals surface area (Å²) in [7, 11) is 0. The number of carbonyl (C=O) groups excluding carboxylic acids is 2. The zero-order chi connectivity index (χ0) is 27.0. The number of amides is 2. The van der Waals surface area contributed by atoms with Gasteiger partial charge in [-0.2, -0.15) is 13.2 Å². The van der Waals surface area contributed by atoms with E-state index in [1.54, 1.807) is 36.3 Å². The molecule has 1 N–H and O–H groups in total. The van der Waals surface area contributed by atoms with Crippen LogP contribution < -0.4 is 5.32 Å². The van der Waals surface area contributed by atoms with Crippen LogP contribution in [0.2, 0.25) is 0 Å². The lowest BCUT2D eigenvalue weighted by Gasteiger charge is -2.29. The molecule has 0 spiro atoms. The minimum atomic E-state index is -4.58. The maximum atomic E-state index is 13.2. The van der Waals surface area contributed by atoms with Gasteiger partial charge in [-0.25, -0.2) is 9.78 Å². The standard InChI is InChI=1S/C26H29F3N4O4/c1-16-7-5-10-20-21(16)33(19-14-32(11-12-36-15-19)24(35)37-25(2,3)4)23(30-20)31-22(34)17-8-6-9-18(13-17)26(27,28)29/h5-10,13,19H,11-12,14-15H2,1-4H3,(H,30,31,34)/t19-/m0/s1. The molecule has 2 heterocycles. The molecule has 8 nitrogen and oxygen atoms in total. The zero-order valence-electron chi connectivity index (χ0n) is 21.1. The highest BCUT2D eigenvalue weighted by atomic mass is 19.4. The molecule has 0 unspecified atom stereocenters. The van der Waals surface area contributed by atoms with Gasteiger partial charge in [-0.3, -0.25) is 10.1 Å². The first-order valence-corrected chi connectivity index (χ1v) is 11.9. The minimum absolute atomic E-state index is 0.145. The van der Waals surface area contributed by atoms with Crippen molar-refractivity contribution in [1.82, 2.24) is 14.5 Å². The number of rotatable bonds is 3. The highest BCUT2D eigenvalue weighted by Crippen LogP contribution is 2.31. The Morgan fingerprint density at radius 3 is 2.57 bits per heavy atom. The van der Waals surface area contributed by atoms with Gasteiger partial charge in [0.1, 0.15) is 5.60 Å². The van der Waals surface area contributed by atoms with Gasteiger partial charge in [0.05, 0.1) is 35.9 Å². The Hall–Kier alpha value is -3.60. The molecule has 37 heavy (non-hydrogen) atoms. The SMILES string of the molecule is Cc1cccc2nc(NC(=O)c3cccc(C(F)(F)F)c3)n([C@@H]3COCCN(C(=O)OC(C)(C)C)C3)c12. The van der Waals surface area contributed by atoms with Crippen LogP contribution in [0, 0.1) is 6.92 Å². The normalized spacial score (nSPS) is 16.9. The molecule has 3 aromatic rings. The molecule has 0 aliphatic carbocycles. The summed E-state index contributed by atoms with van der Waals surface area (Å²) < 4.78 is 52.7. The second kappa shape index (κ2) is 10.0. The second-order valence-electron chi connectivity index (χ2n) is 9.94. The molecule has 1 atom stereocenters. The first kappa shape index (κ1) is 26.5. The largest absolute Gasteiger partial charge is 0.444 e. The molecule has 0 saturated carbocycles. The maximum absolute atomic E-state index is 13.2. The Labute approximate surface area is 212 Å². The third kappa shape index (κ3) is 6.04. The number of nitrogens with one attached hydrogen (secondary N) is 1. The number of benzene rings is 2. The topological polar surface area (TPSA) is 85.7 Å². The molecule has 2 aromatic carbocycles. The van der Waals surface area contributed by atoms with Crippen molar-refractivity contribution in [2.45, 2.75) is 45.5 Å². The van der Waals surface area contributed by atoms with Gasteiger partial charge >= 0.3 is 12.3 Å². The van der Waals surface area contributed by atoms with Crippen LogP contribution in [0.15, 0.2) is 42.5 Å². The Bertz CT molecular complexity index is 1310. The van der Waals surface area contributed by atoms with Gasteiger partial charge in [0.25, 0.3) is 5.91 Å². The lowest BCUT2D eigenvalue weighted by molar-refractivity contribution is -0.137. The monoisotopic (exact) mass is 518 g/mol. The number of aromatic nitrogens is 2. The van der Waals surface area contributed by atoms with Crippen LogP contribution in [0.3, 0.4) is 0 Å². The average Bonchev–Trinajstić information content (AvgIpc) is 2.99. The number of fused-ring (bicyclic) bond motifs is 1. The van der Waals surface area contributed by atoms with E-state index in [1.165, 1.54) is 12.1 Å². The number of anilines is 1. The number of nitrogens with zero attached hydrogens (tertiary/aromatic N) is 3. The Morgan fingerprint density at radius 2 is 1.86 bits per heavy atom. The van der Waals surface area contributed by atoms with Crippen LogP contribution in [0.25, 0.3) is 11.0 Å². The fraction of sp³-hybridized carbons (Fsp3) is 0.423. The van der Waals surface area contributed by atoms with E-state index in [1.807, 2.05) is 19.1 Å². The lowest BCUT2D eigenvalue weighted by atomic mass is 10.1. The molecule has 11 heteroatoms. The second-order valence-corrected chi connectivity index (χ2v) is 9.94. The maximum Gasteiger partial charge on any atom is 0.416 e. The summed E-state index contributed by atoms with van der Waals surface area (Å²) >= 11 is 0. The summed E-state index contributed by atoms with van der Waals surface area (Å²) in [5, 5.41) is 2.68. The van der Waals surface area contributed by atoms with E-state index in [0.29, 0.717) is 18.7 Å². The molecule has 0 radical (unpaired) electrons. The van der Waals surface area contributed by atoms with Crippen LogP contribution in [-0.4, -0.2) is 58.4 Å². The van der Waals surface area contributed by atoms with E-state index >= 15 is 0 Å². The van der Waals surface area contributed by atoms with Crippen molar-refractivity contribution in [2.24, 2.45) is 0 Å². The molecule has 0 bridgehead atoms. The first-order chi connectivity index (χ1) is 17.3. The first-order valence-electron chi connectivity index (χ1n) is 11.9. The number of imidazole rings is 1. The summed E-state index contributed by atoms with van der Waals surface area (Å²) in [5.41, 5.74) is 0.432. The van der Waals surface area contributed by atoms with E-state index in [4.69, 9.17) is 9.47 Å². The zero-order valence-corrected chi connectivity index (χ0v) is 21.1. The minimum Gasteiger partial charge on any atom is -0.444 e. The lowest BCUT2D eigenvalue weighted by Crippen LogP contribution is -2.40. The fourth-order valence-corrected chi connectivity index (χ4v) is 4.22. The van der Waals surface area contributed by atoms with Gasteiger partial charge in [0, 0.05) is 18.7 Å². The molecule has 198 valence electrons. The van der Waals surface area contributed by atoms with Gasteiger partial charge in [0.15, 0.2) is 0 Å². The quantitative estimate of drug-likeness (QED) is 0.500. The van der Waals surface area contributed by atoms with Crippen LogP contribution in [0.1, 0.15) is 48.3 Å². The van der Waals surface area contributed by atoms with E-state index in [-0.39, 0.29) is 24.7 Å². The smallest absolute Gasteiger partial charge is 0.416 e. The number of halogens is 3. The van der Waals surface area contributed by atoms with Gasteiger partial charge in [-0.05, 0) is 57.5 Å². The molecule has 1 aliphatic rings. The van der Waals surface area contributed by atoms with Gasteiger partial charge in [-0.1, -0.05) is 18.2 Å². The molecule has 1 fully saturated rings. The number of alkyl halides is 3. The van der Waals surface area contributed by atoms with Crippen molar-refractivity contribution in [1.29, 1.82) is 0 Å². The van der Waals surface area contributed by atoms with Crippen molar-refractivity contribution < 1.29 is 32.2 Å². The van der Waals surface area contributed by atoms with Crippen molar-refractivity contribution in [3.05, 3.63) is 59.2 Å². The predicted molar refractivity (Wildman–Crippen MR) is 132 cm³/mol. The molecular weight excluding hydrogens is 489 g/mol. The predicted octanol–water partition coefficient (Wildman–Crippen LogP) is 5.42. The highest BCUT2D eigenvalue weighted by Gasteiger charge is 2.32. The van der Waals surface area contributed by atoms with Crippen molar-refractivity contribution in [3.8, 4) is 0 Å². The Kier molecular flexibility index (Phi) is 7.18. The van der Waals surface area contributed by atoms with Gasteiger partial charge < -0.3 is 18.9 Å². The molecule has 1 saturated heterocycles. The number of hydrogen-bond acceptors (Lipinski definition) is 5. The van der Waals surface area contributed by atoms with Crippen LogP contribution in [0.5, 0.6) is 0 Å². The molecule has 2 amide bonds. The van der Waals surface area contributed by atoms with Crippen LogP contribution >= 0.6 is 0 Å². The third-order valence-corrected chi connectivity index (χ3v) is 5.85. The number of carbonyl (C=O) groups is 2. The van der Waals surface area contributed by atoms with E-state index in [2.05, 4.69) is 10.3 Å². The average molecular weight is 519 g/mol. The fourth-order valence-electron chi connectivity index (χ4n) is 4.22. The molecule has 1 aromatic heterocycles. The van der Waals surface area contributed by atoms with E-state index in [9.17, 15) is 22.8 Å². The summed E-state index contributed by atoms with van der Waals surface area (Å²) in [5.74, 6) is -0.592. The van der Waals surface area contributed by atoms with E-state index < -0.39 is 35.4 Å². The Balaban J connectivity index is 1.71.